The normalized spacial score (nSPS) is 17.1. The maximum Gasteiger partial charge on any atom is 0.319 e. The topological polar surface area (TPSA) is 73.4 Å². The monoisotopic (exact) mass is 255 g/mol. The van der Waals surface area contributed by atoms with Gasteiger partial charge in [-0.25, -0.2) is 4.79 Å². The van der Waals surface area contributed by atoms with E-state index in [1.54, 1.807) is 24.3 Å². The first-order valence-corrected chi connectivity index (χ1v) is 5.69. The minimum Gasteiger partial charge on any atom is -0.385 e. The lowest BCUT2D eigenvalue weighted by Crippen LogP contribution is -2.64. The number of β-amino-alcohol motifs (C(OH)–C–C–N with tert-alkyl or cyclic N) is 1. The Morgan fingerprint density at radius 1 is 1.47 bits per heavy atom. The molecule has 92 valence electrons. The van der Waals surface area contributed by atoms with Crippen molar-refractivity contribution >= 4 is 23.3 Å². The molecule has 0 saturated carbocycles. The van der Waals surface area contributed by atoms with Crippen molar-refractivity contribution in [1.82, 2.24) is 10.6 Å². The van der Waals surface area contributed by atoms with Crippen molar-refractivity contribution in [2.75, 3.05) is 25.0 Å². The van der Waals surface area contributed by atoms with Crippen LogP contribution in [0.1, 0.15) is 0 Å². The number of urea groups is 1. The molecule has 4 N–H and O–H groups in total. The van der Waals surface area contributed by atoms with Gasteiger partial charge in [-0.3, -0.25) is 0 Å². The number of carbonyl (C=O) groups excluding carboxylic acids is 1. The van der Waals surface area contributed by atoms with Crippen molar-refractivity contribution in [2.24, 2.45) is 0 Å². The number of aliphatic hydroxyl groups is 1. The van der Waals surface area contributed by atoms with E-state index in [0.29, 0.717) is 23.8 Å². The molecular weight excluding hydrogens is 242 g/mol. The summed E-state index contributed by atoms with van der Waals surface area (Å²) >= 11 is 5.89. The van der Waals surface area contributed by atoms with Crippen LogP contribution in [0.3, 0.4) is 0 Å². The Morgan fingerprint density at radius 2 is 2.18 bits per heavy atom. The number of benzene rings is 1. The summed E-state index contributed by atoms with van der Waals surface area (Å²) in [6, 6.07) is 6.60. The largest absolute Gasteiger partial charge is 0.385 e. The molecule has 1 aromatic carbocycles. The molecule has 0 bridgehead atoms. The van der Waals surface area contributed by atoms with Gasteiger partial charge in [0.2, 0.25) is 0 Å². The summed E-state index contributed by atoms with van der Waals surface area (Å²) in [5, 5.41) is 18.4. The third kappa shape index (κ3) is 3.09. The first kappa shape index (κ1) is 12.2. The number of carbonyl (C=O) groups is 1. The predicted octanol–water partition coefficient (Wildman–Crippen LogP) is 0.796. The standard InChI is InChI=1S/C11H14ClN3O2/c12-8-3-1-2-4-9(8)15-10(16)14-7-11(17)5-13-6-11/h1-4,13,17H,5-7H2,(H2,14,15,16). The van der Waals surface area contributed by atoms with Gasteiger partial charge < -0.3 is 21.1 Å². The maximum atomic E-state index is 11.5. The number of amides is 2. The fraction of sp³-hybridized carbons (Fsp3) is 0.364. The first-order valence-electron chi connectivity index (χ1n) is 5.32. The molecule has 0 spiro atoms. The lowest BCUT2D eigenvalue weighted by molar-refractivity contribution is -0.00575. The Morgan fingerprint density at radius 3 is 2.76 bits per heavy atom. The fourth-order valence-electron chi connectivity index (χ4n) is 1.51. The van der Waals surface area contributed by atoms with Crippen molar-refractivity contribution in [3.8, 4) is 0 Å². The van der Waals surface area contributed by atoms with Gasteiger partial charge in [0.25, 0.3) is 0 Å². The first-order chi connectivity index (χ1) is 8.09. The van der Waals surface area contributed by atoms with Crippen LogP contribution < -0.4 is 16.0 Å². The molecule has 0 atom stereocenters. The van der Waals surface area contributed by atoms with E-state index in [1.165, 1.54) is 0 Å². The number of hydrogen-bond donors (Lipinski definition) is 4. The molecule has 0 radical (unpaired) electrons. The highest BCUT2D eigenvalue weighted by Gasteiger charge is 2.34. The summed E-state index contributed by atoms with van der Waals surface area (Å²) in [6.07, 6.45) is 0. The number of halogens is 1. The van der Waals surface area contributed by atoms with Crippen LogP contribution in [0.5, 0.6) is 0 Å². The van der Waals surface area contributed by atoms with Crippen molar-refractivity contribution in [3.63, 3.8) is 0 Å². The third-order valence-corrected chi connectivity index (χ3v) is 2.94. The van der Waals surface area contributed by atoms with E-state index < -0.39 is 5.60 Å². The van der Waals surface area contributed by atoms with Crippen molar-refractivity contribution in [3.05, 3.63) is 29.3 Å². The summed E-state index contributed by atoms with van der Waals surface area (Å²) in [4.78, 5) is 11.5. The van der Waals surface area contributed by atoms with E-state index in [0.717, 1.165) is 0 Å². The van der Waals surface area contributed by atoms with Gasteiger partial charge in [-0.2, -0.15) is 0 Å². The fourth-order valence-corrected chi connectivity index (χ4v) is 1.70. The molecule has 0 unspecified atom stereocenters. The molecule has 1 heterocycles. The van der Waals surface area contributed by atoms with Crippen LogP contribution in [-0.2, 0) is 0 Å². The second-order valence-corrected chi connectivity index (χ2v) is 4.52. The summed E-state index contributed by atoms with van der Waals surface area (Å²) in [7, 11) is 0. The number of hydrogen-bond acceptors (Lipinski definition) is 3. The van der Waals surface area contributed by atoms with E-state index in [1.807, 2.05) is 0 Å². The zero-order valence-corrected chi connectivity index (χ0v) is 9.92. The number of para-hydroxylation sites is 1. The highest BCUT2D eigenvalue weighted by Crippen LogP contribution is 2.20. The number of anilines is 1. The SMILES string of the molecule is O=C(NCC1(O)CNC1)Nc1ccccc1Cl. The Hall–Kier alpha value is -1.30. The highest BCUT2D eigenvalue weighted by molar-refractivity contribution is 6.33. The summed E-state index contributed by atoms with van der Waals surface area (Å²) in [5.74, 6) is 0. The Kier molecular flexibility index (Phi) is 3.51. The molecule has 6 heteroatoms. The van der Waals surface area contributed by atoms with Gasteiger partial charge in [0.15, 0.2) is 0 Å². The molecule has 1 saturated heterocycles. The second-order valence-electron chi connectivity index (χ2n) is 4.12. The van der Waals surface area contributed by atoms with Gasteiger partial charge in [0, 0.05) is 13.1 Å². The van der Waals surface area contributed by atoms with E-state index in [4.69, 9.17) is 11.6 Å². The van der Waals surface area contributed by atoms with Gasteiger partial charge in [-0.15, -0.1) is 0 Å². The molecule has 1 fully saturated rings. The van der Waals surface area contributed by atoms with Gasteiger partial charge in [0.1, 0.15) is 5.60 Å². The van der Waals surface area contributed by atoms with E-state index >= 15 is 0 Å². The zero-order chi connectivity index (χ0) is 12.3. The van der Waals surface area contributed by atoms with E-state index in [2.05, 4.69) is 16.0 Å². The number of rotatable bonds is 3. The van der Waals surface area contributed by atoms with Crippen molar-refractivity contribution in [1.29, 1.82) is 0 Å². The van der Waals surface area contributed by atoms with Crippen LogP contribution in [0.2, 0.25) is 5.02 Å². The predicted molar refractivity (Wildman–Crippen MR) is 66.3 cm³/mol. The van der Waals surface area contributed by atoms with Crippen molar-refractivity contribution < 1.29 is 9.90 Å². The third-order valence-electron chi connectivity index (χ3n) is 2.61. The van der Waals surface area contributed by atoms with Crippen LogP contribution in [-0.4, -0.2) is 36.4 Å². The summed E-state index contributed by atoms with van der Waals surface area (Å²) in [5.41, 5.74) is -0.275. The Labute approximate surface area is 104 Å². The minimum atomic E-state index is -0.822. The van der Waals surface area contributed by atoms with Crippen LogP contribution in [0.15, 0.2) is 24.3 Å². The molecule has 0 aliphatic carbocycles. The molecule has 0 aromatic heterocycles. The lowest BCUT2D eigenvalue weighted by atomic mass is 9.98. The second kappa shape index (κ2) is 4.91. The summed E-state index contributed by atoms with van der Waals surface area (Å²) < 4.78 is 0. The van der Waals surface area contributed by atoms with Crippen LogP contribution in [0.4, 0.5) is 10.5 Å². The van der Waals surface area contributed by atoms with Crippen LogP contribution in [0.25, 0.3) is 0 Å². The molecule has 17 heavy (non-hydrogen) atoms. The Balaban J connectivity index is 1.83. The van der Waals surface area contributed by atoms with E-state index in [9.17, 15) is 9.90 Å². The zero-order valence-electron chi connectivity index (χ0n) is 9.16. The Bertz CT molecular complexity index is 421. The smallest absolute Gasteiger partial charge is 0.319 e. The van der Waals surface area contributed by atoms with Gasteiger partial charge >= 0.3 is 6.03 Å². The molecule has 1 aliphatic heterocycles. The molecule has 2 rings (SSSR count). The molecule has 5 nitrogen and oxygen atoms in total. The molecular formula is C11H14ClN3O2. The highest BCUT2D eigenvalue weighted by atomic mass is 35.5. The molecule has 1 aromatic rings. The average Bonchev–Trinajstić information content (AvgIpc) is 2.27. The quantitative estimate of drug-likeness (QED) is 0.645. The van der Waals surface area contributed by atoms with Gasteiger partial charge in [-0.05, 0) is 12.1 Å². The van der Waals surface area contributed by atoms with E-state index in [-0.39, 0.29) is 12.6 Å². The van der Waals surface area contributed by atoms with Gasteiger partial charge in [0.05, 0.1) is 17.3 Å². The van der Waals surface area contributed by atoms with Crippen LogP contribution in [0, 0.1) is 0 Å². The average molecular weight is 256 g/mol. The van der Waals surface area contributed by atoms with Gasteiger partial charge in [-0.1, -0.05) is 23.7 Å². The van der Waals surface area contributed by atoms with Crippen LogP contribution >= 0.6 is 11.6 Å². The number of nitrogens with one attached hydrogen (secondary N) is 3. The molecule has 2 amide bonds. The van der Waals surface area contributed by atoms with Crippen molar-refractivity contribution in [2.45, 2.75) is 5.60 Å². The minimum absolute atomic E-state index is 0.219. The summed E-state index contributed by atoms with van der Waals surface area (Å²) in [6.45, 7) is 1.22. The maximum absolute atomic E-state index is 11.5. The lowest BCUT2D eigenvalue weighted by Gasteiger charge is -2.37. The molecule has 1 aliphatic rings.